The van der Waals surface area contributed by atoms with Crippen molar-refractivity contribution in [2.24, 2.45) is 0 Å². The molecule has 0 bridgehead atoms. The maximum atomic E-state index is 13.2. The Kier molecular flexibility index (Phi) is 13.0. The molecule has 190 valence electrons. The van der Waals surface area contributed by atoms with Crippen LogP contribution < -0.4 is 10.6 Å². The molecule has 35 heavy (non-hydrogen) atoms. The highest BCUT2D eigenvalue weighted by molar-refractivity contribution is 5.89. The molecule has 0 unspecified atom stereocenters. The molecule has 2 amide bonds. The van der Waals surface area contributed by atoms with Crippen LogP contribution in [0.1, 0.15) is 63.0 Å². The molecular weight excluding hydrogens is 444 g/mol. The lowest BCUT2D eigenvalue weighted by molar-refractivity contribution is -0.145. The topological polar surface area (TPSA) is 93.7 Å². The Morgan fingerprint density at radius 1 is 0.771 bits per heavy atom. The molecule has 7 heteroatoms. The number of hydrogen-bond acceptors (Lipinski definition) is 5. The van der Waals surface area contributed by atoms with Crippen LogP contribution in [0.5, 0.6) is 0 Å². The fourth-order valence-corrected chi connectivity index (χ4v) is 3.76. The zero-order chi connectivity index (χ0) is 25.3. The largest absolute Gasteiger partial charge is 0.467 e. The number of rotatable bonds is 15. The summed E-state index contributed by atoms with van der Waals surface area (Å²) in [5, 5.41) is 5.45. The van der Waals surface area contributed by atoms with Crippen molar-refractivity contribution in [1.82, 2.24) is 10.6 Å². The number of esters is 1. The first-order valence-electron chi connectivity index (χ1n) is 12.4. The summed E-state index contributed by atoms with van der Waals surface area (Å²) < 4.78 is 10.2. The van der Waals surface area contributed by atoms with Gasteiger partial charge in [-0.25, -0.2) is 9.59 Å². The Hall–Kier alpha value is -3.35. The summed E-state index contributed by atoms with van der Waals surface area (Å²) in [4.78, 5) is 38.0. The van der Waals surface area contributed by atoms with Gasteiger partial charge in [0.15, 0.2) is 0 Å². The van der Waals surface area contributed by atoms with Crippen molar-refractivity contribution in [2.45, 2.75) is 77.0 Å². The van der Waals surface area contributed by atoms with E-state index in [0.29, 0.717) is 6.42 Å². The maximum Gasteiger partial charge on any atom is 0.408 e. The minimum absolute atomic E-state index is 0.0924. The van der Waals surface area contributed by atoms with Gasteiger partial charge >= 0.3 is 12.1 Å². The Morgan fingerprint density at radius 2 is 1.37 bits per heavy atom. The molecule has 0 aliphatic heterocycles. The number of carbonyl (C=O) groups is 3. The van der Waals surface area contributed by atoms with Crippen LogP contribution in [0.3, 0.4) is 0 Å². The lowest BCUT2D eigenvalue weighted by Gasteiger charge is -2.22. The molecule has 0 aliphatic carbocycles. The number of amides is 2. The quantitative estimate of drug-likeness (QED) is 0.277. The van der Waals surface area contributed by atoms with E-state index in [-0.39, 0.29) is 13.0 Å². The van der Waals surface area contributed by atoms with Crippen LogP contribution in [-0.4, -0.2) is 37.2 Å². The molecule has 0 saturated heterocycles. The summed E-state index contributed by atoms with van der Waals surface area (Å²) in [7, 11) is 1.31. The first-order chi connectivity index (χ1) is 17.0. The Labute approximate surface area is 208 Å². The number of methoxy groups -OCH3 is 1. The summed E-state index contributed by atoms with van der Waals surface area (Å²) in [5.74, 6) is -0.941. The smallest absolute Gasteiger partial charge is 0.408 e. The first kappa shape index (κ1) is 27.9. The number of ether oxygens (including phenoxy) is 2. The average molecular weight is 483 g/mol. The lowest BCUT2D eigenvalue weighted by Crippen LogP contribution is -2.52. The first-order valence-corrected chi connectivity index (χ1v) is 12.4. The molecule has 0 spiro atoms. The number of carbonyl (C=O) groups excluding carboxylic acids is 3. The van der Waals surface area contributed by atoms with Gasteiger partial charge in [0.1, 0.15) is 18.7 Å². The second-order valence-corrected chi connectivity index (χ2v) is 8.59. The van der Waals surface area contributed by atoms with E-state index in [9.17, 15) is 14.4 Å². The second-order valence-electron chi connectivity index (χ2n) is 8.59. The predicted molar refractivity (Wildman–Crippen MR) is 136 cm³/mol. The van der Waals surface area contributed by atoms with Crippen LogP contribution in [0.25, 0.3) is 0 Å². The molecule has 0 aliphatic rings. The summed E-state index contributed by atoms with van der Waals surface area (Å²) in [5.41, 5.74) is 1.72. The van der Waals surface area contributed by atoms with E-state index in [1.165, 1.54) is 26.4 Å². The normalized spacial score (nSPS) is 12.3. The molecule has 2 aromatic rings. The molecule has 2 N–H and O–H groups in total. The molecule has 2 atom stereocenters. The number of hydrogen-bond donors (Lipinski definition) is 2. The zero-order valence-corrected chi connectivity index (χ0v) is 20.8. The van der Waals surface area contributed by atoms with E-state index in [1.807, 2.05) is 60.7 Å². The fourth-order valence-electron chi connectivity index (χ4n) is 3.76. The van der Waals surface area contributed by atoms with Crippen molar-refractivity contribution >= 4 is 18.0 Å². The van der Waals surface area contributed by atoms with Crippen molar-refractivity contribution in [2.75, 3.05) is 7.11 Å². The number of alkyl carbamates (subject to hydrolysis) is 1. The van der Waals surface area contributed by atoms with E-state index in [1.54, 1.807) is 0 Å². The molecule has 0 aromatic heterocycles. The van der Waals surface area contributed by atoms with Gasteiger partial charge in [-0.15, -0.1) is 0 Å². The van der Waals surface area contributed by atoms with Gasteiger partial charge in [-0.3, -0.25) is 4.79 Å². The highest BCUT2D eigenvalue weighted by Gasteiger charge is 2.27. The van der Waals surface area contributed by atoms with Crippen LogP contribution in [-0.2, 0) is 32.1 Å². The molecule has 7 nitrogen and oxygen atoms in total. The summed E-state index contributed by atoms with van der Waals surface area (Å²) in [6.07, 6.45) is 6.48. The molecule has 0 heterocycles. The third-order valence-corrected chi connectivity index (χ3v) is 5.75. The number of unbranched alkanes of at least 4 members (excludes halogenated alkanes) is 5. The van der Waals surface area contributed by atoms with Crippen molar-refractivity contribution < 1.29 is 23.9 Å². The van der Waals surface area contributed by atoms with E-state index in [4.69, 9.17) is 9.47 Å². The third-order valence-electron chi connectivity index (χ3n) is 5.75. The van der Waals surface area contributed by atoms with E-state index >= 15 is 0 Å². The average Bonchev–Trinajstić information content (AvgIpc) is 2.89. The van der Waals surface area contributed by atoms with Crippen molar-refractivity contribution in [1.29, 1.82) is 0 Å². The highest BCUT2D eigenvalue weighted by atomic mass is 16.5. The fraction of sp³-hybridized carbons (Fsp3) is 0.464. The minimum Gasteiger partial charge on any atom is -0.467 e. The van der Waals surface area contributed by atoms with E-state index in [0.717, 1.165) is 30.4 Å². The molecule has 2 rings (SSSR count). The van der Waals surface area contributed by atoms with Crippen LogP contribution >= 0.6 is 0 Å². The van der Waals surface area contributed by atoms with Crippen molar-refractivity contribution in [3.8, 4) is 0 Å². The van der Waals surface area contributed by atoms with Gasteiger partial charge in [0, 0.05) is 6.42 Å². The molecule has 0 saturated carbocycles. The molecule has 0 radical (unpaired) electrons. The number of nitrogens with one attached hydrogen (secondary N) is 2. The molecular formula is C28H38N2O5. The van der Waals surface area contributed by atoms with Crippen LogP contribution in [0, 0.1) is 0 Å². The van der Waals surface area contributed by atoms with Crippen LogP contribution in [0.15, 0.2) is 60.7 Å². The van der Waals surface area contributed by atoms with Gasteiger partial charge in [0.2, 0.25) is 5.91 Å². The lowest BCUT2D eigenvalue weighted by atomic mass is 10.0. The standard InChI is InChI=1S/C28H38N2O5/c1-3-4-5-6-7-14-19-24(27(32)34-2)29-26(31)25(20-22-15-10-8-11-16-22)30-28(33)35-21-23-17-12-9-13-18-23/h8-13,15-18,24-25H,3-7,14,19-21H2,1-2H3,(H,29,31)(H,30,33)/t24-,25+/m0/s1. The highest BCUT2D eigenvalue weighted by Crippen LogP contribution is 2.11. The Bertz CT molecular complexity index is 889. The van der Waals surface area contributed by atoms with E-state index in [2.05, 4.69) is 17.6 Å². The molecule has 2 aromatic carbocycles. The Balaban J connectivity index is 2.00. The van der Waals surface area contributed by atoms with Gasteiger partial charge in [-0.1, -0.05) is 106 Å². The second kappa shape index (κ2) is 16.3. The summed E-state index contributed by atoms with van der Waals surface area (Å²) in [6.45, 7) is 2.26. The van der Waals surface area contributed by atoms with Crippen molar-refractivity contribution in [3.05, 3.63) is 71.8 Å². The van der Waals surface area contributed by atoms with Crippen LogP contribution in [0.4, 0.5) is 4.79 Å². The van der Waals surface area contributed by atoms with Gasteiger partial charge in [-0.05, 0) is 17.5 Å². The minimum atomic E-state index is -0.905. The van der Waals surface area contributed by atoms with Gasteiger partial charge in [0.05, 0.1) is 7.11 Å². The summed E-state index contributed by atoms with van der Waals surface area (Å²) >= 11 is 0. The zero-order valence-electron chi connectivity index (χ0n) is 20.8. The van der Waals surface area contributed by atoms with Gasteiger partial charge in [0.25, 0.3) is 0 Å². The van der Waals surface area contributed by atoms with Crippen molar-refractivity contribution in [3.63, 3.8) is 0 Å². The summed E-state index contributed by atoms with van der Waals surface area (Å²) in [6, 6.07) is 17.0. The van der Waals surface area contributed by atoms with Gasteiger partial charge in [-0.2, -0.15) is 0 Å². The monoisotopic (exact) mass is 482 g/mol. The van der Waals surface area contributed by atoms with Gasteiger partial charge < -0.3 is 20.1 Å². The third kappa shape index (κ3) is 11.1. The number of benzene rings is 2. The predicted octanol–water partition coefficient (Wildman–Crippen LogP) is 4.93. The maximum absolute atomic E-state index is 13.2. The molecule has 0 fully saturated rings. The SMILES string of the molecule is CCCCCCCC[C@H](NC(=O)[C@@H](Cc1ccccc1)NC(=O)OCc1ccccc1)C(=O)OC. The van der Waals surface area contributed by atoms with E-state index < -0.39 is 30.1 Å². The van der Waals surface area contributed by atoms with Crippen LogP contribution in [0.2, 0.25) is 0 Å². The Morgan fingerprint density at radius 3 is 2.00 bits per heavy atom.